The topological polar surface area (TPSA) is 47.6 Å². The second kappa shape index (κ2) is 7.49. The van der Waals surface area contributed by atoms with Crippen molar-refractivity contribution in [2.24, 2.45) is 0 Å². The van der Waals surface area contributed by atoms with Gasteiger partial charge in [-0.1, -0.05) is 39.0 Å². The Hall–Kier alpha value is -2.33. The number of ether oxygens (including phenoxy) is 2. The number of carbonyl (C=O) groups excluding carboxylic acids is 1. The first-order valence-corrected chi connectivity index (χ1v) is 7.93. The first-order valence-electron chi connectivity index (χ1n) is 7.93. The zero-order valence-corrected chi connectivity index (χ0v) is 15.0. The Morgan fingerprint density at radius 2 is 1.71 bits per heavy atom. The SMILES string of the molecule is COCc1ccc(C(=O)Nc2cc(C(C)(C)C)ccc2OC)cc1. The highest BCUT2D eigenvalue weighted by Gasteiger charge is 2.17. The molecule has 0 heterocycles. The van der Waals surface area contributed by atoms with Crippen molar-refractivity contribution < 1.29 is 14.3 Å². The minimum atomic E-state index is -0.164. The predicted molar refractivity (Wildman–Crippen MR) is 96.8 cm³/mol. The second-order valence-electron chi connectivity index (χ2n) is 6.75. The van der Waals surface area contributed by atoms with Gasteiger partial charge in [0.1, 0.15) is 5.75 Å². The molecule has 1 N–H and O–H groups in total. The summed E-state index contributed by atoms with van der Waals surface area (Å²) in [7, 11) is 3.25. The van der Waals surface area contributed by atoms with Crippen LogP contribution in [0.25, 0.3) is 0 Å². The van der Waals surface area contributed by atoms with Gasteiger partial charge in [-0.25, -0.2) is 0 Å². The van der Waals surface area contributed by atoms with E-state index in [2.05, 4.69) is 26.1 Å². The van der Waals surface area contributed by atoms with Crippen LogP contribution in [-0.2, 0) is 16.8 Å². The normalized spacial score (nSPS) is 11.2. The van der Waals surface area contributed by atoms with Gasteiger partial charge in [0.2, 0.25) is 0 Å². The van der Waals surface area contributed by atoms with Crippen LogP contribution in [0.2, 0.25) is 0 Å². The molecule has 2 aromatic carbocycles. The molecule has 0 saturated carbocycles. The summed E-state index contributed by atoms with van der Waals surface area (Å²) < 4.78 is 10.5. The quantitative estimate of drug-likeness (QED) is 0.886. The van der Waals surface area contributed by atoms with E-state index >= 15 is 0 Å². The van der Waals surface area contributed by atoms with Crippen molar-refractivity contribution in [1.29, 1.82) is 0 Å². The molecule has 4 heteroatoms. The fourth-order valence-electron chi connectivity index (χ4n) is 2.39. The zero-order chi connectivity index (χ0) is 17.7. The number of hydrogen-bond donors (Lipinski definition) is 1. The van der Waals surface area contributed by atoms with Crippen LogP contribution in [0.4, 0.5) is 5.69 Å². The van der Waals surface area contributed by atoms with Crippen molar-refractivity contribution in [3.05, 3.63) is 59.2 Å². The number of carbonyl (C=O) groups is 1. The Morgan fingerprint density at radius 3 is 2.25 bits per heavy atom. The van der Waals surface area contributed by atoms with Crippen molar-refractivity contribution in [2.45, 2.75) is 32.8 Å². The molecule has 0 spiro atoms. The summed E-state index contributed by atoms with van der Waals surface area (Å²) in [6.07, 6.45) is 0. The highest BCUT2D eigenvalue weighted by atomic mass is 16.5. The van der Waals surface area contributed by atoms with Crippen molar-refractivity contribution >= 4 is 11.6 Å². The van der Waals surface area contributed by atoms with Gasteiger partial charge in [0.25, 0.3) is 5.91 Å². The average Bonchev–Trinajstić information content (AvgIpc) is 2.55. The second-order valence-corrected chi connectivity index (χ2v) is 6.75. The van der Waals surface area contributed by atoms with E-state index in [4.69, 9.17) is 9.47 Å². The molecule has 0 radical (unpaired) electrons. The average molecular weight is 327 g/mol. The number of nitrogens with one attached hydrogen (secondary N) is 1. The summed E-state index contributed by atoms with van der Waals surface area (Å²) in [5.41, 5.74) is 3.43. The molecule has 24 heavy (non-hydrogen) atoms. The molecule has 2 rings (SSSR count). The number of rotatable bonds is 5. The molecule has 0 fully saturated rings. The number of amides is 1. The van der Waals surface area contributed by atoms with E-state index < -0.39 is 0 Å². The van der Waals surface area contributed by atoms with Gasteiger partial charge < -0.3 is 14.8 Å². The molecular formula is C20H25NO3. The Morgan fingerprint density at radius 1 is 1.04 bits per heavy atom. The van der Waals surface area contributed by atoms with Crippen LogP contribution in [-0.4, -0.2) is 20.1 Å². The third kappa shape index (κ3) is 4.36. The van der Waals surface area contributed by atoms with Gasteiger partial charge in [-0.05, 0) is 40.8 Å². The van der Waals surface area contributed by atoms with Gasteiger partial charge in [0, 0.05) is 12.7 Å². The minimum Gasteiger partial charge on any atom is -0.495 e. The van der Waals surface area contributed by atoms with E-state index in [1.54, 1.807) is 26.4 Å². The first kappa shape index (κ1) is 18.0. The molecule has 2 aromatic rings. The molecule has 128 valence electrons. The summed E-state index contributed by atoms with van der Waals surface area (Å²) in [5.74, 6) is 0.482. The van der Waals surface area contributed by atoms with Crippen LogP contribution in [0, 0.1) is 0 Å². The Kier molecular flexibility index (Phi) is 5.62. The van der Waals surface area contributed by atoms with Crippen LogP contribution in [0.3, 0.4) is 0 Å². The number of hydrogen-bond acceptors (Lipinski definition) is 3. The fourth-order valence-corrected chi connectivity index (χ4v) is 2.39. The number of benzene rings is 2. The lowest BCUT2D eigenvalue weighted by atomic mass is 9.87. The van der Waals surface area contributed by atoms with Gasteiger partial charge >= 0.3 is 0 Å². The monoisotopic (exact) mass is 327 g/mol. The molecule has 0 aliphatic rings. The van der Waals surface area contributed by atoms with Crippen LogP contribution < -0.4 is 10.1 Å². The lowest BCUT2D eigenvalue weighted by molar-refractivity contribution is 0.102. The molecule has 1 amide bonds. The van der Waals surface area contributed by atoms with Gasteiger partial charge in [0.05, 0.1) is 19.4 Å². The fraction of sp³-hybridized carbons (Fsp3) is 0.350. The van der Waals surface area contributed by atoms with Gasteiger partial charge in [-0.3, -0.25) is 4.79 Å². The van der Waals surface area contributed by atoms with Gasteiger partial charge in [0.15, 0.2) is 0 Å². The zero-order valence-electron chi connectivity index (χ0n) is 15.0. The standard InChI is InChI=1S/C20H25NO3/c1-20(2,3)16-10-11-18(24-5)17(12-16)21-19(22)15-8-6-14(7-9-15)13-23-4/h6-12H,13H2,1-5H3,(H,21,22). The maximum atomic E-state index is 12.5. The molecule has 4 nitrogen and oxygen atoms in total. The van der Waals surface area contributed by atoms with E-state index in [1.807, 2.05) is 30.3 Å². The van der Waals surface area contributed by atoms with E-state index in [1.165, 1.54) is 0 Å². The summed E-state index contributed by atoms with van der Waals surface area (Å²) in [4.78, 5) is 12.5. The molecule has 0 aliphatic heterocycles. The minimum absolute atomic E-state index is 0.00640. The van der Waals surface area contributed by atoms with E-state index in [-0.39, 0.29) is 11.3 Å². The van der Waals surface area contributed by atoms with Crippen molar-refractivity contribution in [3.63, 3.8) is 0 Å². The van der Waals surface area contributed by atoms with Crippen LogP contribution in [0.5, 0.6) is 5.75 Å². The molecular weight excluding hydrogens is 302 g/mol. The van der Waals surface area contributed by atoms with Gasteiger partial charge in [-0.2, -0.15) is 0 Å². The molecule has 0 aliphatic carbocycles. The van der Waals surface area contributed by atoms with Crippen molar-refractivity contribution in [1.82, 2.24) is 0 Å². The Bertz CT molecular complexity index is 700. The number of methoxy groups -OCH3 is 2. The third-order valence-electron chi connectivity index (χ3n) is 3.84. The summed E-state index contributed by atoms with van der Waals surface area (Å²) >= 11 is 0. The smallest absolute Gasteiger partial charge is 0.255 e. The summed E-state index contributed by atoms with van der Waals surface area (Å²) in [6, 6.07) is 13.2. The van der Waals surface area contributed by atoms with Crippen LogP contribution in [0.1, 0.15) is 42.3 Å². The summed E-state index contributed by atoms with van der Waals surface area (Å²) in [6.45, 7) is 6.93. The maximum absolute atomic E-state index is 12.5. The first-order chi connectivity index (χ1) is 11.3. The molecule has 0 unspecified atom stereocenters. The van der Waals surface area contributed by atoms with E-state index in [9.17, 15) is 4.79 Å². The third-order valence-corrected chi connectivity index (χ3v) is 3.84. The highest BCUT2D eigenvalue weighted by Crippen LogP contribution is 2.31. The Labute approximate surface area is 143 Å². The lowest BCUT2D eigenvalue weighted by Gasteiger charge is -2.21. The summed E-state index contributed by atoms with van der Waals surface area (Å²) in [5, 5.41) is 2.95. The maximum Gasteiger partial charge on any atom is 0.255 e. The molecule has 0 saturated heterocycles. The Balaban J connectivity index is 2.24. The number of anilines is 1. The van der Waals surface area contributed by atoms with E-state index in [0.29, 0.717) is 23.6 Å². The van der Waals surface area contributed by atoms with Gasteiger partial charge in [-0.15, -0.1) is 0 Å². The molecule has 0 aromatic heterocycles. The largest absolute Gasteiger partial charge is 0.495 e. The molecule has 0 atom stereocenters. The highest BCUT2D eigenvalue weighted by molar-refractivity contribution is 6.05. The van der Waals surface area contributed by atoms with E-state index in [0.717, 1.165) is 11.1 Å². The van der Waals surface area contributed by atoms with Crippen LogP contribution in [0.15, 0.2) is 42.5 Å². The lowest BCUT2D eigenvalue weighted by Crippen LogP contribution is -2.15. The van der Waals surface area contributed by atoms with Crippen molar-refractivity contribution in [3.8, 4) is 5.75 Å². The van der Waals surface area contributed by atoms with Crippen molar-refractivity contribution in [2.75, 3.05) is 19.5 Å². The van der Waals surface area contributed by atoms with Crippen LogP contribution >= 0.6 is 0 Å². The predicted octanol–water partition coefficient (Wildman–Crippen LogP) is 4.39. The molecule has 0 bridgehead atoms.